The molecule has 1 saturated heterocycles. The van der Waals surface area contributed by atoms with Gasteiger partial charge >= 0.3 is 6.03 Å². The zero-order valence-electron chi connectivity index (χ0n) is 14.9. The number of amides is 3. The van der Waals surface area contributed by atoms with E-state index in [0.29, 0.717) is 27.0 Å². The Hall–Kier alpha value is -2.61. The third kappa shape index (κ3) is 3.57. The van der Waals surface area contributed by atoms with E-state index in [9.17, 15) is 9.59 Å². The van der Waals surface area contributed by atoms with Crippen LogP contribution in [0.4, 0.5) is 4.79 Å². The first-order valence-electron chi connectivity index (χ1n) is 8.46. The average Bonchev–Trinajstić information content (AvgIpc) is 3.21. The van der Waals surface area contributed by atoms with Gasteiger partial charge in [0.05, 0.1) is 0 Å². The predicted octanol–water partition coefficient (Wildman–Crippen LogP) is 4.66. The van der Waals surface area contributed by atoms with E-state index in [-0.39, 0.29) is 17.5 Å². The van der Waals surface area contributed by atoms with E-state index in [2.05, 4.69) is 15.5 Å². The summed E-state index contributed by atoms with van der Waals surface area (Å²) in [6.45, 7) is 1.40. The summed E-state index contributed by atoms with van der Waals surface area (Å²) in [5, 5.41) is 7.85. The first kappa shape index (κ1) is 19.7. The Morgan fingerprint density at radius 2 is 1.76 bits per heavy atom. The van der Waals surface area contributed by atoms with Gasteiger partial charge in [-0.2, -0.15) is 4.98 Å². The Labute approximate surface area is 180 Å². The van der Waals surface area contributed by atoms with Crippen LogP contribution in [0.15, 0.2) is 47.0 Å². The molecular formula is C19H13Cl3N4O3. The Bertz CT molecular complexity index is 1120. The molecule has 1 N–H and O–H groups in total. The summed E-state index contributed by atoms with van der Waals surface area (Å²) in [5.41, 5.74) is -0.200. The Kier molecular flexibility index (Phi) is 4.98. The molecule has 0 bridgehead atoms. The minimum absolute atomic E-state index is 0.116. The summed E-state index contributed by atoms with van der Waals surface area (Å²) < 4.78 is 5.21. The second-order valence-corrected chi connectivity index (χ2v) is 7.87. The number of hydrogen-bond donors (Lipinski definition) is 1. The minimum Gasteiger partial charge on any atom is -0.337 e. The maximum atomic E-state index is 13.0. The van der Waals surface area contributed by atoms with Crippen molar-refractivity contribution in [3.63, 3.8) is 0 Å². The average molecular weight is 452 g/mol. The number of nitrogens with one attached hydrogen (secondary N) is 1. The molecule has 4 rings (SSSR count). The first-order valence-corrected chi connectivity index (χ1v) is 9.59. The second-order valence-electron chi connectivity index (χ2n) is 6.59. The summed E-state index contributed by atoms with van der Waals surface area (Å²) >= 11 is 18.1. The number of urea groups is 1. The summed E-state index contributed by atoms with van der Waals surface area (Å²) in [6, 6.07) is 11.0. The fourth-order valence-corrected chi connectivity index (χ4v) is 3.81. The predicted molar refractivity (Wildman–Crippen MR) is 108 cm³/mol. The molecule has 10 heteroatoms. The van der Waals surface area contributed by atoms with Crippen molar-refractivity contribution in [2.24, 2.45) is 0 Å². The topological polar surface area (TPSA) is 88.3 Å². The standard InChI is InChI=1S/C19H13Cl3N4O3/c1-19(13-7-6-12(21)8-14(13)22)17(27)26(18(28)24-19)9-15-23-16(25-29-15)10-2-4-11(20)5-3-10/h2-8H,9H2,1H3,(H,24,28). The lowest BCUT2D eigenvalue weighted by Crippen LogP contribution is -2.41. The first-order chi connectivity index (χ1) is 13.8. The number of benzene rings is 2. The molecule has 0 radical (unpaired) electrons. The molecule has 3 amide bonds. The molecular weight excluding hydrogens is 439 g/mol. The Balaban J connectivity index is 1.58. The fourth-order valence-electron chi connectivity index (χ4n) is 3.09. The van der Waals surface area contributed by atoms with Crippen LogP contribution in [0.3, 0.4) is 0 Å². The minimum atomic E-state index is -1.34. The maximum Gasteiger partial charge on any atom is 0.325 e. The van der Waals surface area contributed by atoms with E-state index < -0.39 is 17.5 Å². The van der Waals surface area contributed by atoms with Crippen molar-refractivity contribution in [3.8, 4) is 11.4 Å². The lowest BCUT2D eigenvalue weighted by Gasteiger charge is -2.23. The maximum absolute atomic E-state index is 13.0. The Morgan fingerprint density at radius 1 is 1.07 bits per heavy atom. The number of nitrogens with zero attached hydrogens (tertiary/aromatic N) is 3. The van der Waals surface area contributed by atoms with Gasteiger partial charge in [-0.1, -0.05) is 46.0 Å². The van der Waals surface area contributed by atoms with Gasteiger partial charge in [0.1, 0.15) is 12.1 Å². The van der Waals surface area contributed by atoms with E-state index in [0.717, 1.165) is 4.90 Å². The van der Waals surface area contributed by atoms with Crippen molar-refractivity contribution in [2.75, 3.05) is 0 Å². The van der Waals surface area contributed by atoms with Gasteiger partial charge in [-0.05, 0) is 43.3 Å². The number of carbonyl (C=O) groups is 2. The quantitative estimate of drug-likeness (QED) is 0.583. The van der Waals surface area contributed by atoms with Gasteiger partial charge in [0.25, 0.3) is 5.91 Å². The van der Waals surface area contributed by atoms with Crippen LogP contribution in [0.5, 0.6) is 0 Å². The van der Waals surface area contributed by atoms with E-state index in [1.54, 1.807) is 43.3 Å². The third-order valence-electron chi connectivity index (χ3n) is 4.61. The van der Waals surface area contributed by atoms with Gasteiger partial charge in [0.2, 0.25) is 11.7 Å². The SMILES string of the molecule is CC1(c2ccc(Cl)cc2Cl)NC(=O)N(Cc2nc(-c3ccc(Cl)cc3)no2)C1=O. The van der Waals surface area contributed by atoms with Crippen molar-refractivity contribution >= 4 is 46.7 Å². The van der Waals surface area contributed by atoms with Crippen molar-refractivity contribution in [2.45, 2.75) is 19.0 Å². The molecule has 1 aliphatic heterocycles. The monoisotopic (exact) mass is 450 g/mol. The van der Waals surface area contributed by atoms with E-state index in [1.165, 1.54) is 6.07 Å². The van der Waals surface area contributed by atoms with Crippen LogP contribution in [0.2, 0.25) is 15.1 Å². The number of hydrogen-bond acceptors (Lipinski definition) is 5. The molecule has 1 unspecified atom stereocenters. The summed E-state index contributed by atoms with van der Waals surface area (Å²) in [4.78, 5) is 30.8. The van der Waals surface area contributed by atoms with Crippen molar-refractivity contribution in [3.05, 3.63) is 69.0 Å². The zero-order valence-corrected chi connectivity index (χ0v) is 17.2. The fraction of sp³-hybridized carbons (Fsp3) is 0.158. The van der Waals surface area contributed by atoms with Gasteiger partial charge < -0.3 is 9.84 Å². The molecule has 0 spiro atoms. The van der Waals surface area contributed by atoms with Gasteiger partial charge in [-0.25, -0.2) is 4.79 Å². The van der Waals surface area contributed by atoms with Gasteiger partial charge in [-0.15, -0.1) is 0 Å². The van der Waals surface area contributed by atoms with Crippen LogP contribution in [0.1, 0.15) is 18.4 Å². The smallest absolute Gasteiger partial charge is 0.325 e. The number of halogens is 3. The molecule has 0 aliphatic carbocycles. The molecule has 1 fully saturated rings. The van der Waals surface area contributed by atoms with E-state index >= 15 is 0 Å². The van der Waals surface area contributed by atoms with Crippen LogP contribution in [0.25, 0.3) is 11.4 Å². The van der Waals surface area contributed by atoms with Crippen LogP contribution < -0.4 is 5.32 Å². The van der Waals surface area contributed by atoms with Crippen molar-refractivity contribution < 1.29 is 14.1 Å². The number of aromatic nitrogens is 2. The van der Waals surface area contributed by atoms with E-state index in [4.69, 9.17) is 39.3 Å². The number of imide groups is 1. The molecule has 1 aromatic heterocycles. The van der Waals surface area contributed by atoms with Crippen molar-refractivity contribution in [1.82, 2.24) is 20.4 Å². The van der Waals surface area contributed by atoms with Gasteiger partial charge in [0.15, 0.2) is 0 Å². The van der Waals surface area contributed by atoms with Gasteiger partial charge in [-0.3, -0.25) is 9.69 Å². The molecule has 0 saturated carbocycles. The highest BCUT2D eigenvalue weighted by molar-refractivity contribution is 6.35. The largest absolute Gasteiger partial charge is 0.337 e. The molecule has 2 aromatic carbocycles. The van der Waals surface area contributed by atoms with Crippen molar-refractivity contribution in [1.29, 1.82) is 0 Å². The molecule has 2 heterocycles. The Morgan fingerprint density at radius 3 is 2.45 bits per heavy atom. The van der Waals surface area contributed by atoms with Crippen LogP contribution in [-0.4, -0.2) is 27.0 Å². The number of rotatable bonds is 4. The second kappa shape index (κ2) is 7.33. The lowest BCUT2D eigenvalue weighted by atomic mass is 9.92. The highest BCUT2D eigenvalue weighted by Crippen LogP contribution is 2.35. The molecule has 148 valence electrons. The summed E-state index contributed by atoms with van der Waals surface area (Å²) in [7, 11) is 0. The summed E-state index contributed by atoms with van der Waals surface area (Å²) in [6.07, 6.45) is 0. The number of carbonyl (C=O) groups excluding carboxylic acids is 2. The molecule has 29 heavy (non-hydrogen) atoms. The van der Waals surface area contributed by atoms with Crippen LogP contribution in [-0.2, 0) is 16.9 Å². The van der Waals surface area contributed by atoms with Crippen LogP contribution >= 0.6 is 34.8 Å². The summed E-state index contributed by atoms with van der Waals surface area (Å²) in [5.74, 6) is -0.0462. The molecule has 7 nitrogen and oxygen atoms in total. The highest BCUT2D eigenvalue weighted by Gasteiger charge is 2.50. The van der Waals surface area contributed by atoms with Crippen LogP contribution in [0, 0.1) is 0 Å². The molecule has 1 atom stereocenters. The van der Waals surface area contributed by atoms with Gasteiger partial charge in [0, 0.05) is 26.2 Å². The molecule has 3 aromatic rings. The lowest BCUT2D eigenvalue weighted by molar-refractivity contribution is -0.131. The van der Waals surface area contributed by atoms with E-state index in [1.807, 2.05) is 0 Å². The zero-order chi connectivity index (χ0) is 20.8. The third-order valence-corrected chi connectivity index (χ3v) is 5.41. The highest BCUT2D eigenvalue weighted by atomic mass is 35.5. The molecule has 1 aliphatic rings. The normalized spacial score (nSPS) is 19.0.